The van der Waals surface area contributed by atoms with Gasteiger partial charge in [-0.3, -0.25) is 4.79 Å². The summed E-state index contributed by atoms with van der Waals surface area (Å²) in [6, 6.07) is 4.43. The van der Waals surface area contributed by atoms with E-state index in [1.165, 1.54) is 36.6 Å². The molecule has 0 radical (unpaired) electrons. The Balaban J connectivity index is 1.34. The van der Waals surface area contributed by atoms with Crippen LogP contribution in [0.25, 0.3) is 11.0 Å². The quantitative estimate of drug-likeness (QED) is 0.343. The van der Waals surface area contributed by atoms with Gasteiger partial charge in [0.25, 0.3) is 5.91 Å². The number of piperidine rings is 1. The second-order valence-corrected chi connectivity index (χ2v) is 9.88. The Bertz CT molecular complexity index is 1480. The van der Waals surface area contributed by atoms with E-state index in [9.17, 15) is 9.18 Å². The second kappa shape index (κ2) is 10.9. The maximum absolute atomic E-state index is 15.2. The summed E-state index contributed by atoms with van der Waals surface area (Å²) in [6.07, 6.45) is 4.14. The van der Waals surface area contributed by atoms with Crippen molar-refractivity contribution in [3.8, 4) is 0 Å². The highest BCUT2D eigenvalue weighted by Gasteiger charge is 2.27. The Morgan fingerprint density at radius 2 is 2.00 bits per heavy atom. The van der Waals surface area contributed by atoms with Crippen molar-refractivity contribution in [2.75, 3.05) is 43.5 Å². The number of aliphatic hydroxyl groups excluding tert-OH is 1. The molecule has 1 saturated heterocycles. The van der Waals surface area contributed by atoms with Gasteiger partial charge in [0, 0.05) is 50.4 Å². The van der Waals surface area contributed by atoms with Crippen LogP contribution >= 0.6 is 0 Å². The maximum atomic E-state index is 15.2. The maximum Gasteiger partial charge on any atom is 0.324 e. The fraction of sp³-hybridized carbons (Fsp3) is 0.423. The van der Waals surface area contributed by atoms with E-state index in [1.54, 1.807) is 4.57 Å². The molecule has 4 aromatic rings. The minimum Gasteiger partial charge on any atom is -0.395 e. The molecule has 4 heterocycles. The van der Waals surface area contributed by atoms with Gasteiger partial charge in [-0.2, -0.15) is 4.98 Å². The molecule has 1 aromatic carbocycles. The number of benzene rings is 1. The van der Waals surface area contributed by atoms with Gasteiger partial charge in [0.15, 0.2) is 11.6 Å². The molecule has 13 heteroatoms. The van der Waals surface area contributed by atoms with Gasteiger partial charge < -0.3 is 29.3 Å². The van der Waals surface area contributed by atoms with E-state index < -0.39 is 17.5 Å². The molecule has 0 saturated carbocycles. The number of anilines is 3. The van der Waals surface area contributed by atoms with Gasteiger partial charge >= 0.3 is 6.01 Å². The van der Waals surface area contributed by atoms with Crippen LogP contribution in [0.5, 0.6) is 0 Å². The van der Waals surface area contributed by atoms with E-state index >= 15 is 4.39 Å². The molecule has 0 aliphatic carbocycles. The number of aromatic nitrogens is 5. The molecule has 0 unspecified atom stereocenters. The Kier molecular flexibility index (Phi) is 7.42. The molecule has 5 rings (SSSR count). The van der Waals surface area contributed by atoms with Crippen molar-refractivity contribution in [3.63, 3.8) is 0 Å². The van der Waals surface area contributed by atoms with Gasteiger partial charge in [0.1, 0.15) is 23.6 Å². The number of nitrogens with zero attached hydrogens (tertiary/aromatic N) is 7. The summed E-state index contributed by atoms with van der Waals surface area (Å²) in [6.45, 7) is 5.25. The van der Waals surface area contributed by atoms with E-state index in [4.69, 9.17) is 9.63 Å². The summed E-state index contributed by atoms with van der Waals surface area (Å²) in [7, 11) is 1.52. The lowest BCUT2D eigenvalue weighted by Gasteiger charge is -2.31. The molecule has 1 aliphatic heterocycles. The van der Waals surface area contributed by atoms with Crippen LogP contribution in [0.3, 0.4) is 0 Å². The van der Waals surface area contributed by atoms with Gasteiger partial charge in [0.05, 0.1) is 17.7 Å². The number of nitrogens with one attached hydrogen (secondary N) is 1. The first-order valence-electron chi connectivity index (χ1n) is 12.8. The Hall–Kier alpha value is -4.13. The highest BCUT2D eigenvalue weighted by atomic mass is 19.1. The number of rotatable bonds is 8. The number of likely N-dealkylation sites (N-methyl/N-ethyl adjacent to an activating group) is 1. The van der Waals surface area contributed by atoms with Gasteiger partial charge in [-0.25, -0.2) is 18.7 Å². The van der Waals surface area contributed by atoms with Crippen molar-refractivity contribution in [1.29, 1.82) is 0 Å². The Morgan fingerprint density at radius 1 is 1.23 bits per heavy atom. The van der Waals surface area contributed by atoms with Gasteiger partial charge in [-0.15, -0.1) is 0 Å². The van der Waals surface area contributed by atoms with Crippen LogP contribution in [0.2, 0.25) is 0 Å². The Morgan fingerprint density at radius 3 is 2.67 bits per heavy atom. The zero-order valence-corrected chi connectivity index (χ0v) is 21.9. The first kappa shape index (κ1) is 26.5. The van der Waals surface area contributed by atoms with Crippen molar-refractivity contribution in [2.45, 2.75) is 38.6 Å². The first-order chi connectivity index (χ1) is 18.8. The van der Waals surface area contributed by atoms with Crippen LogP contribution in [0.4, 0.5) is 26.3 Å². The molecule has 1 aliphatic rings. The Labute approximate surface area is 223 Å². The van der Waals surface area contributed by atoms with Gasteiger partial charge in [0.2, 0.25) is 0 Å². The van der Waals surface area contributed by atoms with Gasteiger partial charge in [-0.1, -0.05) is 19.0 Å². The number of hydrogen-bond donors (Lipinski definition) is 2. The largest absolute Gasteiger partial charge is 0.395 e. The highest BCUT2D eigenvalue weighted by molar-refractivity contribution is 5.95. The lowest BCUT2D eigenvalue weighted by Crippen LogP contribution is -2.34. The van der Waals surface area contributed by atoms with Crippen LogP contribution < -0.4 is 10.2 Å². The van der Waals surface area contributed by atoms with Crippen molar-refractivity contribution < 1.29 is 23.2 Å². The van der Waals surface area contributed by atoms with Crippen LogP contribution in [-0.2, 0) is 0 Å². The molecular weight excluding hydrogens is 510 g/mol. The van der Waals surface area contributed by atoms with Crippen LogP contribution in [-0.4, -0.2) is 73.9 Å². The third-order valence-electron chi connectivity index (χ3n) is 6.89. The number of carbonyl (C=O) groups is 1. The lowest BCUT2D eigenvalue weighted by atomic mass is 10.1. The molecule has 39 heavy (non-hydrogen) atoms. The molecule has 0 spiro atoms. The lowest BCUT2D eigenvalue weighted by molar-refractivity contribution is 0.0766. The normalized spacial score (nSPS) is 14.4. The first-order valence-corrected chi connectivity index (χ1v) is 12.8. The third-order valence-corrected chi connectivity index (χ3v) is 6.89. The minimum atomic E-state index is -0.695. The van der Waals surface area contributed by atoms with Crippen LogP contribution in [0, 0.1) is 11.6 Å². The number of hydrogen-bond acceptors (Lipinski definition) is 9. The van der Waals surface area contributed by atoms with Crippen LogP contribution in [0.1, 0.15) is 54.8 Å². The summed E-state index contributed by atoms with van der Waals surface area (Å²) in [5.74, 6) is -0.687. The number of aliphatic hydroxyl groups is 1. The average molecular weight is 541 g/mol. The molecule has 2 N–H and O–H groups in total. The molecule has 3 aromatic heterocycles. The summed E-state index contributed by atoms with van der Waals surface area (Å²) < 4.78 is 37.4. The number of carbonyl (C=O) groups excluding carboxylic acids is 1. The summed E-state index contributed by atoms with van der Waals surface area (Å²) in [5, 5.41) is 16.1. The zero-order valence-electron chi connectivity index (χ0n) is 21.9. The molecule has 206 valence electrons. The smallest absolute Gasteiger partial charge is 0.324 e. The number of fused-ring (bicyclic) bond motifs is 1. The van der Waals surface area contributed by atoms with E-state index in [1.807, 2.05) is 18.7 Å². The fourth-order valence-electron chi connectivity index (χ4n) is 4.69. The van der Waals surface area contributed by atoms with E-state index in [0.717, 1.165) is 6.07 Å². The fourth-order valence-corrected chi connectivity index (χ4v) is 4.69. The monoisotopic (exact) mass is 540 g/mol. The summed E-state index contributed by atoms with van der Waals surface area (Å²) >= 11 is 0. The minimum absolute atomic E-state index is 0.0126. The molecule has 1 amide bonds. The third kappa shape index (κ3) is 5.26. The van der Waals surface area contributed by atoms with Crippen molar-refractivity contribution >= 4 is 34.5 Å². The second-order valence-electron chi connectivity index (χ2n) is 9.88. The molecule has 1 fully saturated rings. The summed E-state index contributed by atoms with van der Waals surface area (Å²) in [4.78, 5) is 28.7. The van der Waals surface area contributed by atoms with Crippen molar-refractivity contribution in [3.05, 3.63) is 53.7 Å². The molecular formula is C26H30F2N8O3. The molecule has 0 bridgehead atoms. The summed E-state index contributed by atoms with van der Waals surface area (Å²) in [5.41, 5.74) is 0.574. The van der Waals surface area contributed by atoms with Gasteiger partial charge in [-0.05, 0) is 31.0 Å². The van der Waals surface area contributed by atoms with E-state index in [0.29, 0.717) is 43.4 Å². The number of amides is 1. The van der Waals surface area contributed by atoms with Crippen LogP contribution in [0.15, 0.2) is 35.2 Å². The highest BCUT2D eigenvalue weighted by Crippen LogP contribution is 2.34. The average Bonchev–Trinajstić information content (AvgIpc) is 3.56. The SMILES string of the molecule is CC(C)c1noc(N2CCC(n3cc(F)c4c(Nc5ccc(C(=O)N(C)CCO)cc5F)ncnc43)CC2)n1. The standard InChI is InChI=1S/C26H30F2N8O3/c1-15(2)22-32-26(39-33-22)35-8-6-17(7-9-35)36-13-19(28)21-23(29-14-30-24(21)36)31-20-5-4-16(12-18(20)27)25(38)34(3)10-11-37/h4-5,12-15,17,37H,6-11H2,1-3H3,(H,29,30,31). The molecule has 0 atom stereocenters. The topological polar surface area (TPSA) is 125 Å². The van der Waals surface area contributed by atoms with E-state index in [-0.39, 0.29) is 47.6 Å². The molecule has 11 nitrogen and oxygen atoms in total. The van der Waals surface area contributed by atoms with Crippen molar-refractivity contribution in [2.24, 2.45) is 0 Å². The number of halogens is 2. The predicted molar refractivity (Wildman–Crippen MR) is 140 cm³/mol. The predicted octanol–water partition coefficient (Wildman–Crippen LogP) is 3.87. The zero-order chi connectivity index (χ0) is 27.7. The van der Waals surface area contributed by atoms with Crippen molar-refractivity contribution in [1.82, 2.24) is 29.6 Å². The van der Waals surface area contributed by atoms with E-state index in [2.05, 4.69) is 25.4 Å².